The number of aryl methyl sites for hydroxylation is 1. The zero-order valence-corrected chi connectivity index (χ0v) is 9.26. The van der Waals surface area contributed by atoms with Gasteiger partial charge in [0.15, 0.2) is 6.04 Å². The Kier molecular flexibility index (Phi) is 3.60. The second-order valence-corrected chi connectivity index (χ2v) is 4.31. The molecule has 1 rings (SSSR count). The van der Waals surface area contributed by atoms with Gasteiger partial charge in [0, 0.05) is 17.1 Å². The molecule has 0 saturated heterocycles. The Hall–Kier alpha value is -0.940. The number of nitrogens with one attached hydrogen (secondary N) is 1. The molecule has 5 heteroatoms. The molecule has 2 N–H and O–H groups in total. The second-order valence-electron chi connectivity index (χ2n) is 3.42. The van der Waals surface area contributed by atoms with Crippen LogP contribution in [0.25, 0.3) is 0 Å². The van der Waals surface area contributed by atoms with Gasteiger partial charge in [-0.05, 0) is 20.8 Å². The average molecular weight is 214 g/mol. The van der Waals surface area contributed by atoms with Crippen LogP contribution in [-0.2, 0) is 4.79 Å². The first-order valence-electron chi connectivity index (χ1n) is 4.41. The number of carbonyl (C=O) groups is 1. The van der Waals surface area contributed by atoms with Crippen molar-refractivity contribution in [3.63, 3.8) is 0 Å². The summed E-state index contributed by atoms with van der Waals surface area (Å²) in [5.74, 6) is -0.881. The molecule has 0 radical (unpaired) electrons. The number of hydrogen-bond donors (Lipinski definition) is 2. The van der Waals surface area contributed by atoms with Crippen LogP contribution in [0, 0.1) is 6.92 Å². The molecule has 0 aliphatic heterocycles. The monoisotopic (exact) mass is 214 g/mol. The lowest BCUT2D eigenvalue weighted by molar-refractivity contribution is -0.139. The Labute approximate surface area is 87.0 Å². The van der Waals surface area contributed by atoms with E-state index in [0.29, 0.717) is 5.01 Å². The van der Waals surface area contributed by atoms with Crippen molar-refractivity contribution in [2.75, 3.05) is 0 Å². The molecule has 4 nitrogen and oxygen atoms in total. The maximum atomic E-state index is 10.9. The number of aromatic nitrogens is 1. The summed E-state index contributed by atoms with van der Waals surface area (Å²) in [5, 5.41) is 14.4. The molecule has 1 atom stereocenters. The molecule has 0 spiro atoms. The number of nitrogens with zero attached hydrogens (tertiary/aromatic N) is 1. The number of carboxylic acid groups (broad SMARTS) is 1. The number of rotatable bonds is 4. The molecule has 1 unspecified atom stereocenters. The van der Waals surface area contributed by atoms with Crippen LogP contribution in [0.5, 0.6) is 0 Å². The molecular formula is C9H14N2O2S. The fraction of sp³-hybridized carbons (Fsp3) is 0.556. The van der Waals surface area contributed by atoms with Crippen molar-refractivity contribution < 1.29 is 9.90 Å². The fourth-order valence-corrected chi connectivity index (χ4v) is 1.93. The zero-order chi connectivity index (χ0) is 10.7. The molecular weight excluding hydrogens is 200 g/mol. The van der Waals surface area contributed by atoms with Crippen molar-refractivity contribution in [2.45, 2.75) is 32.9 Å². The molecule has 78 valence electrons. The first-order valence-corrected chi connectivity index (χ1v) is 5.29. The summed E-state index contributed by atoms with van der Waals surface area (Å²) in [5.41, 5.74) is 0.863. The Bertz CT molecular complexity index is 322. The summed E-state index contributed by atoms with van der Waals surface area (Å²) < 4.78 is 0. The molecule has 0 aliphatic rings. The minimum atomic E-state index is -0.881. The van der Waals surface area contributed by atoms with Crippen molar-refractivity contribution >= 4 is 17.3 Å². The zero-order valence-electron chi connectivity index (χ0n) is 8.44. The smallest absolute Gasteiger partial charge is 0.327 e. The normalized spacial score (nSPS) is 13.1. The van der Waals surface area contributed by atoms with Gasteiger partial charge in [-0.15, -0.1) is 11.3 Å². The van der Waals surface area contributed by atoms with Crippen LogP contribution in [0.2, 0.25) is 0 Å². The number of hydrogen-bond acceptors (Lipinski definition) is 4. The van der Waals surface area contributed by atoms with Crippen molar-refractivity contribution in [2.24, 2.45) is 0 Å². The lowest BCUT2D eigenvalue weighted by atomic mass is 10.2. The quantitative estimate of drug-likeness (QED) is 0.798. The molecule has 1 heterocycles. The third kappa shape index (κ3) is 2.78. The van der Waals surface area contributed by atoms with Crippen LogP contribution in [0.1, 0.15) is 30.6 Å². The van der Waals surface area contributed by atoms with E-state index in [-0.39, 0.29) is 6.04 Å². The lowest BCUT2D eigenvalue weighted by Gasteiger charge is -2.14. The minimum absolute atomic E-state index is 0.125. The number of carboxylic acids is 1. The predicted octanol–water partition coefficient (Wildman–Crippen LogP) is 1.58. The van der Waals surface area contributed by atoms with Crippen LogP contribution in [0.15, 0.2) is 5.38 Å². The fourth-order valence-electron chi connectivity index (χ4n) is 1.09. The van der Waals surface area contributed by atoms with E-state index in [1.807, 2.05) is 26.2 Å². The molecule has 1 aromatic rings. The molecule has 0 aliphatic carbocycles. The highest BCUT2D eigenvalue weighted by Gasteiger charge is 2.23. The maximum absolute atomic E-state index is 10.9. The van der Waals surface area contributed by atoms with Crippen molar-refractivity contribution in [1.82, 2.24) is 10.3 Å². The Morgan fingerprint density at radius 3 is 2.64 bits per heavy atom. The van der Waals surface area contributed by atoms with Gasteiger partial charge >= 0.3 is 5.97 Å². The van der Waals surface area contributed by atoms with Gasteiger partial charge in [0.2, 0.25) is 0 Å². The number of aliphatic carboxylic acids is 1. The van der Waals surface area contributed by atoms with Crippen LogP contribution >= 0.6 is 11.3 Å². The molecule has 0 aromatic carbocycles. The topological polar surface area (TPSA) is 62.2 Å². The third-order valence-corrected chi connectivity index (χ3v) is 2.66. The predicted molar refractivity (Wildman–Crippen MR) is 55.5 cm³/mol. The van der Waals surface area contributed by atoms with Gasteiger partial charge in [0.05, 0.1) is 0 Å². The Balaban J connectivity index is 2.83. The summed E-state index contributed by atoms with van der Waals surface area (Å²) in [6.45, 7) is 5.68. The van der Waals surface area contributed by atoms with Gasteiger partial charge in [0.1, 0.15) is 5.01 Å². The summed E-state index contributed by atoms with van der Waals surface area (Å²) in [6.07, 6.45) is 0. The van der Waals surface area contributed by atoms with Gasteiger partial charge in [-0.25, -0.2) is 4.98 Å². The van der Waals surface area contributed by atoms with E-state index in [2.05, 4.69) is 10.3 Å². The second kappa shape index (κ2) is 4.52. The summed E-state index contributed by atoms with van der Waals surface area (Å²) in [6, 6.07) is -0.561. The molecule has 0 saturated carbocycles. The van der Waals surface area contributed by atoms with Gasteiger partial charge in [-0.3, -0.25) is 10.1 Å². The highest BCUT2D eigenvalue weighted by atomic mass is 32.1. The number of thiazole rings is 1. The summed E-state index contributed by atoms with van der Waals surface area (Å²) >= 11 is 1.37. The molecule has 0 amide bonds. The average Bonchev–Trinajstić information content (AvgIpc) is 2.46. The van der Waals surface area contributed by atoms with Crippen LogP contribution in [-0.4, -0.2) is 22.1 Å². The summed E-state index contributed by atoms with van der Waals surface area (Å²) in [7, 11) is 0. The van der Waals surface area contributed by atoms with E-state index in [1.54, 1.807) is 0 Å². The van der Waals surface area contributed by atoms with Gasteiger partial charge < -0.3 is 5.11 Å². The van der Waals surface area contributed by atoms with E-state index >= 15 is 0 Å². The van der Waals surface area contributed by atoms with E-state index in [4.69, 9.17) is 5.11 Å². The van der Waals surface area contributed by atoms with Crippen LogP contribution in [0.3, 0.4) is 0 Å². The van der Waals surface area contributed by atoms with Crippen molar-refractivity contribution in [1.29, 1.82) is 0 Å². The largest absolute Gasteiger partial charge is 0.480 e. The minimum Gasteiger partial charge on any atom is -0.480 e. The van der Waals surface area contributed by atoms with Crippen molar-refractivity contribution in [3.8, 4) is 0 Å². The van der Waals surface area contributed by atoms with E-state index in [1.165, 1.54) is 11.3 Å². The van der Waals surface area contributed by atoms with Crippen molar-refractivity contribution in [3.05, 3.63) is 16.1 Å². The van der Waals surface area contributed by atoms with E-state index in [0.717, 1.165) is 5.69 Å². The molecule has 0 bridgehead atoms. The molecule has 1 aromatic heterocycles. The Morgan fingerprint density at radius 1 is 1.64 bits per heavy atom. The summed E-state index contributed by atoms with van der Waals surface area (Å²) in [4.78, 5) is 15.1. The van der Waals surface area contributed by atoms with Gasteiger partial charge in [-0.1, -0.05) is 0 Å². The first-order chi connectivity index (χ1) is 6.50. The highest BCUT2D eigenvalue weighted by Crippen LogP contribution is 2.18. The van der Waals surface area contributed by atoms with Gasteiger partial charge in [-0.2, -0.15) is 0 Å². The van der Waals surface area contributed by atoms with E-state index < -0.39 is 12.0 Å². The molecule has 0 fully saturated rings. The van der Waals surface area contributed by atoms with Crippen LogP contribution in [0.4, 0.5) is 0 Å². The van der Waals surface area contributed by atoms with Crippen LogP contribution < -0.4 is 5.32 Å². The Morgan fingerprint density at radius 2 is 2.29 bits per heavy atom. The van der Waals surface area contributed by atoms with Gasteiger partial charge in [0.25, 0.3) is 0 Å². The SMILES string of the molecule is Cc1csc(C(NC(C)C)C(=O)O)n1. The standard InChI is InChI=1S/C9H14N2O2S/c1-5(2)10-7(9(12)13)8-11-6(3)4-14-8/h4-5,7,10H,1-3H3,(H,12,13). The highest BCUT2D eigenvalue weighted by molar-refractivity contribution is 7.09. The maximum Gasteiger partial charge on any atom is 0.327 e. The molecule has 14 heavy (non-hydrogen) atoms. The van der Waals surface area contributed by atoms with E-state index in [9.17, 15) is 4.79 Å². The lowest BCUT2D eigenvalue weighted by Crippen LogP contribution is -2.33. The first kappa shape index (κ1) is 11.1. The third-order valence-electron chi connectivity index (χ3n) is 1.63.